The molecule has 3 N–H and O–H groups in total. The zero-order valence-corrected chi connectivity index (χ0v) is 20.1. The summed E-state index contributed by atoms with van der Waals surface area (Å²) in [7, 11) is 3.69. The molecule has 0 bridgehead atoms. The molecule has 0 saturated carbocycles. The fourth-order valence-electron chi connectivity index (χ4n) is 4.16. The van der Waals surface area contributed by atoms with Gasteiger partial charge in [-0.15, -0.1) is 0 Å². The van der Waals surface area contributed by atoms with E-state index in [1.165, 1.54) is 0 Å². The van der Waals surface area contributed by atoms with E-state index < -0.39 is 0 Å². The highest BCUT2D eigenvalue weighted by Gasteiger charge is 2.17. The minimum Gasteiger partial charge on any atom is -0.336 e. The molecule has 6 aromatic rings. The number of hydrogen-bond donors (Lipinski definition) is 3. The molecule has 37 heavy (non-hydrogen) atoms. The third kappa shape index (κ3) is 4.39. The van der Waals surface area contributed by atoms with Gasteiger partial charge >= 0.3 is 0 Å². The van der Waals surface area contributed by atoms with Gasteiger partial charge in [0, 0.05) is 47.7 Å². The van der Waals surface area contributed by atoms with Crippen molar-refractivity contribution in [1.29, 1.82) is 0 Å². The van der Waals surface area contributed by atoms with Gasteiger partial charge in [0.25, 0.3) is 0 Å². The van der Waals surface area contributed by atoms with Crippen LogP contribution in [0, 0.1) is 0 Å². The van der Waals surface area contributed by atoms with Crippen molar-refractivity contribution in [3.8, 4) is 33.9 Å². The Morgan fingerprint density at radius 3 is 2.65 bits per heavy atom. The minimum atomic E-state index is -0.111. The first kappa shape index (κ1) is 22.4. The average Bonchev–Trinajstić information content (AvgIpc) is 3.52. The Labute approximate surface area is 211 Å². The van der Waals surface area contributed by atoms with E-state index in [2.05, 4.69) is 40.4 Å². The predicted octanol–water partition coefficient (Wildman–Crippen LogP) is 3.52. The summed E-state index contributed by atoms with van der Waals surface area (Å²) in [4.78, 5) is 39.8. The Morgan fingerprint density at radius 1 is 0.946 bits per heavy atom. The van der Waals surface area contributed by atoms with E-state index in [9.17, 15) is 4.79 Å². The number of rotatable bonds is 6. The number of amides is 1. The summed E-state index contributed by atoms with van der Waals surface area (Å²) in [6.45, 7) is 0.283. The Morgan fingerprint density at radius 2 is 1.81 bits per heavy atom. The summed E-state index contributed by atoms with van der Waals surface area (Å²) in [5.41, 5.74) is 6.74. The smallest absolute Gasteiger partial charge is 0.238 e. The van der Waals surface area contributed by atoms with Crippen molar-refractivity contribution in [2.45, 2.75) is 0 Å². The van der Waals surface area contributed by atoms with Crippen molar-refractivity contribution in [2.75, 3.05) is 26.0 Å². The lowest BCUT2D eigenvalue weighted by molar-refractivity contribution is -0.116. The molecule has 0 spiro atoms. The maximum absolute atomic E-state index is 12.2. The monoisotopic (exact) mass is 490 g/mol. The highest BCUT2D eigenvalue weighted by atomic mass is 16.2. The molecule has 6 aromatic heterocycles. The van der Waals surface area contributed by atoms with Gasteiger partial charge in [0.1, 0.15) is 11.2 Å². The second-order valence-corrected chi connectivity index (χ2v) is 8.82. The number of aromatic nitrogens is 8. The molecule has 6 rings (SSSR count). The molecule has 11 heteroatoms. The van der Waals surface area contributed by atoms with Crippen LogP contribution in [0.15, 0.2) is 67.5 Å². The first-order chi connectivity index (χ1) is 18.0. The van der Waals surface area contributed by atoms with Crippen LogP contribution in [0.5, 0.6) is 0 Å². The Hall–Kier alpha value is -5.03. The summed E-state index contributed by atoms with van der Waals surface area (Å²) < 4.78 is 0. The van der Waals surface area contributed by atoms with E-state index in [0.29, 0.717) is 22.9 Å². The van der Waals surface area contributed by atoms with Gasteiger partial charge in [-0.2, -0.15) is 5.10 Å². The van der Waals surface area contributed by atoms with Crippen molar-refractivity contribution in [3.05, 3.63) is 67.5 Å². The number of aromatic amines is 2. The van der Waals surface area contributed by atoms with Crippen LogP contribution in [0.3, 0.4) is 0 Å². The van der Waals surface area contributed by atoms with E-state index in [4.69, 9.17) is 4.98 Å². The number of nitrogens with one attached hydrogen (secondary N) is 3. The number of carbonyl (C=O) groups excluding carboxylic acids is 1. The Bertz CT molecular complexity index is 1740. The lowest BCUT2D eigenvalue weighted by Gasteiger charge is -2.10. The number of H-pyrrole nitrogens is 2. The molecule has 0 aromatic carbocycles. The third-order valence-electron chi connectivity index (χ3n) is 5.79. The zero-order chi connectivity index (χ0) is 25.4. The molecular formula is C26H22N10O. The molecule has 0 fully saturated rings. The molecule has 0 saturated heterocycles. The summed E-state index contributed by atoms with van der Waals surface area (Å²) in [6.07, 6.45) is 10.3. The van der Waals surface area contributed by atoms with Gasteiger partial charge in [-0.25, -0.2) is 9.97 Å². The number of anilines is 1. The van der Waals surface area contributed by atoms with E-state index >= 15 is 0 Å². The first-order valence-electron chi connectivity index (χ1n) is 11.5. The number of imidazole rings is 1. The summed E-state index contributed by atoms with van der Waals surface area (Å²) >= 11 is 0. The molecule has 0 atom stereocenters. The largest absolute Gasteiger partial charge is 0.336 e. The van der Waals surface area contributed by atoms with Crippen LogP contribution in [0.4, 0.5) is 5.69 Å². The third-order valence-corrected chi connectivity index (χ3v) is 5.79. The molecule has 11 nitrogen and oxygen atoms in total. The van der Waals surface area contributed by atoms with E-state index in [1.54, 1.807) is 42.1 Å². The molecule has 182 valence electrons. The number of fused-ring (bicyclic) bond motifs is 2. The number of hydrogen-bond acceptors (Lipinski definition) is 8. The van der Waals surface area contributed by atoms with Crippen molar-refractivity contribution < 1.29 is 4.79 Å². The number of nitrogens with zero attached hydrogens (tertiary/aromatic N) is 7. The van der Waals surface area contributed by atoms with E-state index in [1.807, 2.05) is 44.4 Å². The van der Waals surface area contributed by atoms with Crippen LogP contribution in [0.25, 0.3) is 56.0 Å². The average molecular weight is 491 g/mol. The van der Waals surface area contributed by atoms with Gasteiger partial charge < -0.3 is 15.2 Å². The highest BCUT2D eigenvalue weighted by molar-refractivity contribution is 5.96. The molecule has 0 aliphatic heterocycles. The molecule has 6 heterocycles. The van der Waals surface area contributed by atoms with Gasteiger partial charge in [-0.05, 0) is 44.4 Å². The highest BCUT2D eigenvalue weighted by Crippen LogP contribution is 2.31. The molecule has 0 radical (unpaired) electrons. The Kier molecular flexibility index (Phi) is 5.58. The summed E-state index contributed by atoms with van der Waals surface area (Å²) in [6, 6.07) is 9.56. The van der Waals surface area contributed by atoms with E-state index in [0.717, 1.165) is 38.8 Å². The fraction of sp³-hybridized carbons (Fsp3) is 0.115. The van der Waals surface area contributed by atoms with Gasteiger partial charge in [0.05, 0.1) is 35.0 Å². The number of likely N-dealkylation sites (N-methyl/N-ethyl adjacent to an activating group) is 1. The summed E-state index contributed by atoms with van der Waals surface area (Å²) in [5.74, 6) is 0.487. The van der Waals surface area contributed by atoms with Crippen molar-refractivity contribution in [3.63, 3.8) is 0 Å². The minimum absolute atomic E-state index is 0.111. The molecular weight excluding hydrogens is 468 g/mol. The second-order valence-electron chi connectivity index (χ2n) is 8.82. The van der Waals surface area contributed by atoms with Gasteiger partial charge in [0.15, 0.2) is 11.5 Å². The van der Waals surface area contributed by atoms with Crippen molar-refractivity contribution in [1.82, 2.24) is 45.0 Å². The zero-order valence-electron chi connectivity index (χ0n) is 20.1. The van der Waals surface area contributed by atoms with E-state index in [-0.39, 0.29) is 12.5 Å². The van der Waals surface area contributed by atoms with Crippen LogP contribution < -0.4 is 5.32 Å². The normalized spacial score (nSPS) is 11.4. The lowest BCUT2D eigenvalue weighted by Crippen LogP contribution is -2.27. The van der Waals surface area contributed by atoms with Crippen LogP contribution in [-0.4, -0.2) is 71.5 Å². The first-order valence-corrected chi connectivity index (χ1v) is 11.5. The van der Waals surface area contributed by atoms with Crippen molar-refractivity contribution in [2.24, 2.45) is 0 Å². The van der Waals surface area contributed by atoms with Gasteiger partial charge in [-0.1, -0.05) is 0 Å². The van der Waals surface area contributed by atoms with Crippen molar-refractivity contribution >= 4 is 33.7 Å². The van der Waals surface area contributed by atoms with Crippen LogP contribution >= 0.6 is 0 Å². The predicted molar refractivity (Wildman–Crippen MR) is 140 cm³/mol. The summed E-state index contributed by atoms with van der Waals surface area (Å²) in [5, 5.41) is 11.2. The molecule has 0 aliphatic carbocycles. The standard InChI is InChI=1S/C26H22N10O/c1-36(2)14-21(37)31-18-8-16(11-28-13-18)17-9-19-23(34-35-25(19)30-12-17)26-32-20-5-7-29-22(24(20)33-26)15-4-3-6-27-10-15/h3-13H,14H2,1-2H3,(H,31,37)(H,32,33)(H,30,34,35). The lowest BCUT2D eigenvalue weighted by atomic mass is 10.1. The quantitative estimate of drug-likeness (QED) is 0.322. The fourth-order valence-corrected chi connectivity index (χ4v) is 4.16. The molecule has 0 unspecified atom stereocenters. The number of carbonyl (C=O) groups is 1. The van der Waals surface area contributed by atoms with Gasteiger partial charge in [0.2, 0.25) is 5.91 Å². The van der Waals surface area contributed by atoms with Crippen LogP contribution in [0.2, 0.25) is 0 Å². The Balaban J connectivity index is 1.38. The van der Waals surface area contributed by atoms with Gasteiger partial charge in [-0.3, -0.25) is 24.8 Å². The molecule has 0 aliphatic rings. The SMILES string of the molecule is CN(C)CC(=O)Nc1cncc(-c2cnc3[nH]nc(-c4nc5c(-c6cccnc6)nccc5[nH]4)c3c2)c1. The molecule has 1 amide bonds. The maximum Gasteiger partial charge on any atom is 0.238 e. The second kappa shape index (κ2) is 9.21. The van der Waals surface area contributed by atoms with Crippen LogP contribution in [-0.2, 0) is 4.79 Å². The number of pyridine rings is 4. The van der Waals surface area contributed by atoms with Crippen LogP contribution in [0.1, 0.15) is 0 Å². The topological polar surface area (TPSA) is 141 Å². The maximum atomic E-state index is 12.2.